The maximum atomic E-state index is 11.4. The molecule has 0 unspecified atom stereocenters. The number of rotatable bonds is 7. The van der Waals surface area contributed by atoms with Crippen LogP contribution in [0, 0.1) is 5.92 Å². The number of hydrogen-bond donors (Lipinski definition) is 1. The molecule has 78 valence electrons. The molecule has 0 rings (SSSR count). The third kappa shape index (κ3) is 5.92. The summed E-state index contributed by atoms with van der Waals surface area (Å²) in [6.45, 7) is 4.86. The average molecular weight is 206 g/mol. The van der Waals surface area contributed by atoms with Crippen molar-refractivity contribution < 1.29 is 4.79 Å². The van der Waals surface area contributed by atoms with Gasteiger partial charge in [-0.15, -0.1) is 11.6 Å². The van der Waals surface area contributed by atoms with Crippen LogP contribution in [0.5, 0.6) is 0 Å². The summed E-state index contributed by atoms with van der Waals surface area (Å²) in [6.07, 6.45) is 3.82. The monoisotopic (exact) mass is 205 g/mol. The van der Waals surface area contributed by atoms with Crippen LogP contribution in [-0.2, 0) is 4.79 Å². The summed E-state index contributed by atoms with van der Waals surface area (Å²) in [4.78, 5) is 11.4. The molecule has 13 heavy (non-hydrogen) atoms. The highest BCUT2D eigenvalue weighted by molar-refractivity contribution is 6.17. The minimum absolute atomic E-state index is 0.191. The molecule has 0 aromatic heterocycles. The highest BCUT2D eigenvalue weighted by atomic mass is 35.5. The lowest BCUT2D eigenvalue weighted by Gasteiger charge is -2.12. The number of carbonyl (C=O) groups excluding carboxylic acids is 1. The van der Waals surface area contributed by atoms with E-state index < -0.39 is 0 Å². The summed E-state index contributed by atoms with van der Waals surface area (Å²) < 4.78 is 0. The molecule has 0 aromatic rings. The molecule has 1 N–H and O–H groups in total. The molecule has 0 heterocycles. The van der Waals surface area contributed by atoms with Crippen molar-refractivity contribution in [2.75, 3.05) is 12.4 Å². The first kappa shape index (κ1) is 12.8. The largest absolute Gasteiger partial charge is 0.356 e. The second kappa shape index (κ2) is 8.36. The van der Waals surface area contributed by atoms with Crippen LogP contribution in [0.2, 0.25) is 0 Å². The molecule has 0 radical (unpaired) electrons. The van der Waals surface area contributed by atoms with E-state index in [4.69, 9.17) is 11.6 Å². The van der Waals surface area contributed by atoms with Crippen LogP contribution in [0.15, 0.2) is 0 Å². The maximum absolute atomic E-state index is 11.4. The molecule has 1 amide bonds. The molecular formula is C10H20ClNO. The van der Waals surface area contributed by atoms with E-state index in [1.165, 1.54) is 0 Å². The molecule has 0 atom stereocenters. The van der Waals surface area contributed by atoms with Crippen molar-refractivity contribution in [1.82, 2.24) is 5.32 Å². The van der Waals surface area contributed by atoms with Gasteiger partial charge in [0, 0.05) is 18.3 Å². The van der Waals surface area contributed by atoms with E-state index >= 15 is 0 Å². The zero-order valence-electron chi connectivity index (χ0n) is 8.61. The Morgan fingerprint density at radius 1 is 1.31 bits per heavy atom. The molecule has 0 fully saturated rings. The second-order valence-electron chi connectivity index (χ2n) is 3.20. The molecule has 0 saturated heterocycles. The predicted octanol–water partition coefficient (Wildman–Crippen LogP) is 2.56. The van der Waals surface area contributed by atoms with Gasteiger partial charge in [-0.25, -0.2) is 0 Å². The van der Waals surface area contributed by atoms with E-state index in [-0.39, 0.29) is 11.8 Å². The van der Waals surface area contributed by atoms with Gasteiger partial charge in [0.05, 0.1) is 0 Å². The van der Waals surface area contributed by atoms with Crippen molar-refractivity contribution in [1.29, 1.82) is 0 Å². The highest BCUT2D eigenvalue weighted by Gasteiger charge is 2.12. The molecule has 0 aliphatic heterocycles. The Bertz CT molecular complexity index is 135. The third-order valence-corrected chi connectivity index (χ3v) is 2.48. The first-order valence-electron chi connectivity index (χ1n) is 5.09. The number of nitrogens with one attached hydrogen (secondary N) is 1. The SMILES string of the molecule is CCC(CC)C(=O)NCCCCCl. The van der Waals surface area contributed by atoms with Crippen molar-refractivity contribution in [2.24, 2.45) is 5.92 Å². The number of alkyl halides is 1. The third-order valence-electron chi connectivity index (χ3n) is 2.22. The number of unbranched alkanes of at least 4 members (excludes halogenated alkanes) is 1. The van der Waals surface area contributed by atoms with Gasteiger partial charge < -0.3 is 5.32 Å². The fraction of sp³-hybridized carbons (Fsp3) is 0.900. The number of halogens is 1. The van der Waals surface area contributed by atoms with Crippen LogP contribution >= 0.6 is 11.6 Å². The van der Waals surface area contributed by atoms with Crippen LogP contribution in [0.4, 0.5) is 0 Å². The van der Waals surface area contributed by atoms with E-state index in [1.54, 1.807) is 0 Å². The van der Waals surface area contributed by atoms with Crippen molar-refractivity contribution in [2.45, 2.75) is 39.5 Å². The van der Waals surface area contributed by atoms with Crippen molar-refractivity contribution >= 4 is 17.5 Å². The van der Waals surface area contributed by atoms with E-state index in [2.05, 4.69) is 5.32 Å². The Morgan fingerprint density at radius 3 is 2.38 bits per heavy atom. The zero-order chi connectivity index (χ0) is 10.1. The summed E-state index contributed by atoms with van der Waals surface area (Å²) in [5.74, 6) is 1.07. The topological polar surface area (TPSA) is 29.1 Å². The predicted molar refractivity (Wildman–Crippen MR) is 57.0 cm³/mol. The minimum Gasteiger partial charge on any atom is -0.356 e. The molecule has 0 spiro atoms. The standard InChI is InChI=1S/C10H20ClNO/c1-3-9(4-2)10(13)12-8-6-5-7-11/h9H,3-8H2,1-2H3,(H,12,13). The lowest BCUT2D eigenvalue weighted by Crippen LogP contribution is -2.30. The van der Waals surface area contributed by atoms with Gasteiger partial charge in [0.25, 0.3) is 0 Å². The fourth-order valence-corrected chi connectivity index (χ4v) is 1.42. The smallest absolute Gasteiger partial charge is 0.223 e. The molecule has 0 bridgehead atoms. The van der Waals surface area contributed by atoms with Gasteiger partial charge in [0.1, 0.15) is 0 Å². The van der Waals surface area contributed by atoms with Gasteiger partial charge in [-0.2, -0.15) is 0 Å². The molecule has 2 nitrogen and oxygen atoms in total. The molecule has 0 saturated carbocycles. The van der Waals surface area contributed by atoms with Crippen LogP contribution in [0.1, 0.15) is 39.5 Å². The Kier molecular flexibility index (Phi) is 8.21. The first-order chi connectivity index (χ1) is 6.26. The highest BCUT2D eigenvalue weighted by Crippen LogP contribution is 2.06. The van der Waals surface area contributed by atoms with Crippen molar-refractivity contribution in [3.05, 3.63) is 0 Å². The van der Waals surface area contributed by atoms with E-state index in [0.717, 1.165) is 32.2 Å². The number of amides is 1. The quantitative estimate of drug-likeness (QED) is 0.503. The van der Waals surface area contributed by atoms with Gasteiger partial charge in [0.15, 0.2) is 0 Å². The van der Waals surface area contributed by atoms with Gasteiger partial charge in [-0.3, -0.25) is 4.79 Å². The second-order valence-corrected chi connectivity index (χ2v) is 3.58. The van der Waals surface area contributed by atoms with Crippen molar-refractivity contribution in [3.8, 4) is 0 Å². The lowest BCUT2D eigenvalue weighted by atomic mass is 10.0. The normalized spacial score (nSPS) is 10.5. The fourth-order valence-electron chi connectivity index (χ4n) is 1.23. The Morgan fingerprint density at radius 2 is 1.92 bits per heavy atom. The summed E-state index contributed by atoms with van der Waals surface area (Å²) in [5.41, 5.74) is 0. The molecule has 0 aliphatic rings. The summed E-state index contributed by atoms with van der Waals surface area (Å²) in [7, 11) is 0. The van der Waals surface area contributed by atoms with E-state index in [9.17, 15) is 4.79 Å². The van der Waals surface area contributed by atoms with Gasteiger partial charge in [0.2, 0.25) is 5.91 Å². The van der Waals surface area contributed by atoms with E-state index in [0.29, 0.717) is 5.88 Å². The molecule has 3 heteroatoms. The van der Waals surface area contributed by atoms with Gasteiger partial charge in [-0.05, 0) is 25.7 Å². The van der Waals surface area contributed by atoms with Crippen LogP contribution < -0.4 is 5.32 Å². The number of carbonyl (C=O) groups is 1. The van der Waals surface area contributed by atoms with Gasteiger partial charge >= 0.3 is 0 Å². The molecular weight excluding hydrogens is 186 g/mol. The number of hydrogen-bond acceptors (Lipinski definition) is 1. The van der Waals surface area contributed by atoms with E-state index in [1.807, 2.05) is 13.8 Å². The lowest BCUT2D eigenvalue weighted by molar-refractivity contribution is -0.125. The summed E-state index contributed by atoms with van der Waals surface area (Å²) in [6, 6.07) is 0. The van der Waals surface area contributed by atoms with Crippen LogP contribution in [-0.4, -0.2) is 18.3 Å². The van der Waals surface area contributed by atoms with Gasteiger partial charge in [-0.1, -0.05) is 13.8 Å². The Hall–Kier alpha value is -0.240. The molecule has 0 aromatic carbocycles. The summed E-state index contributed by atoms with van der Waals surface area (Å²) >= 11 is 5.52. The summed E-state index contributed by atoms with van der Waals surface area (Å²) in [5, 5.41) is 2.92. The Balaban J connectivity index is 3.48. The van der Waals surface area contributed by atoms with Crippen LogP contribution in [0.3, 0.4) is 0 Å². The first-order valence-corrected chi connectivity index (χ1v) is 5.63. The molecule has 0 aliphatic carbocycles. The average Bonchev–Trinajstić information content (AvgIpc) is 2.14. The maximum Gasteiger partial charge on any atom is 0.223 e. The van der Waals surface area contributed by atoms with Crippen LogP contribution in [0.25, 0.3) is 0 Å². The zero-order valence-corrected chi connectivity index (χ0v) is 9.36. The minimum atomic E-state index is 0.191. The van der Waals surface area contributed by atoms with Crippen molar-refractivity contribution in [3.63, 3.8) is 0 Å². The Labute approximate surface area is 86.0 Å².